The summed E-state index contributed by atoms with van der Waals surface area (Å²) in [7, 11) is 0. The standard InChI is InChI=1S/C15H24N4O/c1-4-5-8-19(11-6-7-11)15(20)13-12(16)9-17-14(18-13)10(2)3/h9-11H,4-8,16H2,1-3H3. The second kappa shape index (κ2) is 6.20. The summed E-state index contributed by atoms with van der Waals surface area (Å²) in [6.07, 6.45) is 5.84. The number of carbonyl (C=O) groups is 1. The number of nitrogen functional groups attached to an aromatic ring is 1. The van der Waals surface area contributed by atoms with E-state index in [1.165, 1.54) is 0 Å². The van der Waals surface area contributed by atoms with Crippen molar-refractivity contribution < 1.29 is 4.79 Å². The molecule has 5 heteroatoms. The summed E-state index contributed by atoms with van der Waals surface area (Å²) >= 11 is 0. The molecule has 0 bridgehead atoms. The summed E-state index contributed by atoms with van der Waals surface area (Å²) in [4.78, 5) is 23.2. The van der Waals surface area contributed by atoms with E-state index in [1.54, 1.807) is 6.20 Å². The quantitative estimate of drug-likeness (QED) is 0.866. The fourth-order valence-corrected chi connectivity index (χ4v) is 2.15. The van der Waals surface area contributed by atoms with E-state index in [0.717, 1.165) is 32.2 Å². The van der Waals surface area contributed by atoms with Gasteiger partial charge in [0.15, 0.2) is 5.69 Å². The van der Waals surface area contributed by atoms with Gasteiger partial charge in [0.25, 0.3) is 5.91 Å². The van der Waals surface area contributed by atoms with Gasteiger partial charge < -0.3 is 10.6 Å². The molecule has 0 unspecified atom stereocenters. The monoisotopic (exact) mass is 276 g/mol. The van der Waals surface area contributed by atoms with Crippen molar-refractivity contribution in [1.29, 1.82) is 0 Å². The number of nitrogens with two attached hydrogens (primary N) is 1. The molecule has 1 aliphatic rings. The molecule has 2 rings (SSSR count). The van der Waals surface area contributed by atoms with E-state index in [2.05, 4.69) is 16.9 Å². The second-order valence-corrected chi connectivity index (χ2v) is 5.77. The first-order valence-electron chi connectivity index (χ1n) is 7.48. The second-order valence-electron chi connectivity index (χ2n) is 5.77. The molecule has 1 heterocycles. The van der Waals surface area contributed by atoms with Crippen molar-refractivity contribution in [3.8, 4) is 0 Å². The van der Waals surface area contributed by atoms with Gasteiger partial charge in [-0.1, -0.05) is 27.2 Å². The lowest BCUT2D eigenvalue weighted by Crippen LogP contribution is -2.35. The van der Waals surface area contributed by atoms with Crippen molar-refractivity contribution in [3.05, 3.63) is 17.7 Å². The van der Waals surface area contributed by atoms with E-state index in [4.69, 9.17) is 5.73 Å². The van der Waals surface area contributed by atoms with Gasteiger partial charge in [0, 0.05) is 18.5 Å². The van der Waals surface area contributed by atoms with Crippen LogP contribution in [-0.4, -0.2) is 33.4 Å². The topological polar surface area (TPSA) is 72.1 Å². The van der Waals surface area contributed by atoms with Gasteiger partial charge in [-0.15, -0.1) is 0 Å². The predicted molar refractivity (Wildman–Crippen MR) is 79.5 cm³/mol. The number of anilines is 1. The summed E-state index contributed by atoms with van der Waals surface area (Å²) in [5.41, 5.74) is 6.65. The van der Waals surface area contributed by atoms with E-state index < -0.39 is 0 Å². The zero-order valence-electron chi connectivity index (χ0n) is 12.6. The number of rotatable bonds is 6. The van der Waals surface area contributed by atoms with E-state index in [-0.39, 0.29) is 11.8 Å². The Morgan fingerprint density at radius 3 is 2.75 bits per heavy atom. The van der Waals surface area contributed by atoms with E-state index in [9.17, 15) is 4.79 Å². The Hall–Kier alpha value is -1.65. The van der Waals surface area contributed by atoms with Crippen molar-refractivity contribution in [3.63, 3.8) is 0 Å². The molecule has 0 aliphatic heterocycles. The predicted octanol–water partition coefficient (Wildman–Crippen LogP) is 2.59. The Morgan fingerprint density at radius 1 is 1.50 bits per heavy atom. The summed E-state index contributed by atoms with van der Waals surface area (Å²) in [6, 6.07) is 0.380. The first kappa shape index (κ1) is 14.8. The summed E-state index contributed by atoms with van der Waals surface area (Å²) < 4.78 is 0. The van der Waals surface area contributed by atoms with Crippen molar-refractivity contribution in [2.75, 3.05) is 12.3 Å². The molecule has 1 aromatic heterocycles. The number of hydrogen-bond donors (Lipinski definition) is 1. The zero-order chi connectivity index (χ0) is 14.7. The molecule has 2 N–H and O–H groups in total. The molecular weight excluding hydrogens is 252 g/mol. The van der Waals surface area contributed by atoms with Gasteiger partial charge in [0.1, 0.15) is 5.82 Å². The van der Waals surface area contributed by atoms with Gasteiger partial charge in [0.05, 0.1) is 11.9 Å². The molecule has 5 nitrogen and oxygen atoms in total. The summed E-state index contributed by atoms with van der Waals surface area (Å²) in [5.74, 6) is 0.823. The summed E-state index contributed by atoms with van der Waals surface area (Å²) in [5, 5.41) is 0. The highest BCUT2D eigenvalue weighted by molar-refractivity contribution is 5.97. The number of unbranched alkanes of at least 4 members (excludes halogenated alkanes) is 1. The highest BCUT2D eigenvalue weighted by Crippen LogP contribution is 2.29. The van der Waals surface area contributed by atoms with Crippen LogP contribution in [0.25, 0.3) is 0 Å². The third-order valence-electron chi connectivity index (χ3n) is 3.56. The molecule has 20 heavy (non-hydrogen) atoms. The normalized spacial score (nSPS) is 14.6. The Kier molecular flexibility index (Phi) is 4.57. The maximum absolute atomic E-state index is 12.7. The van der Waals surface area contributed by atoms with Crippen LogP contribution in [0, 0.1) is 0 Å². The molecule has 1 amide bonds. The lowest BCUT2D eigenvalue weighted by Gasteiger charge is -2.22. The Balaban J connectivity index is 2.23. The molecule has 0 radical (unpaired) electrons. The van der Waals surface area contributed by atoms with Crippen LogP contribution in [0.15, 0.2) is 6.20 Å². The first-order valence-corrected chi connectivity index (χ1v) is 7.48. The fourth-order valence-electron chi connectivity index (χ4n) is 2.15. The van der Waals surface area contributed by atoms with Gasteiger partial charge in [-0.05, 0) is 19.3 Å². The van der Waals surface area contributed by atoms with Crippen LogP contribution < -0.4 is 5.73 Å². The third kappa shape index (κ3) is 3.26. The Morgan fingerprint density at radius 2 is 2.20 bits per heavy atom. The maximum Gasteiger partial charge on any atom is 0.274 e. The van der Waals surface area contributed by atoms with E-state index in [1.807, 2.05) is 18.7 Å². The molecule has 1 aromatic rings. The summed E-state index contributed by atoms with van der Waals surface area (Å²) in [6.45, 7) is 6.94. The molecule has 0 spiro atoms. The number of hydrogen-bond acceptors (Lipinski definition) is 4. The van der Waals surface area contributed by atoms with Gasteiger partial charge in [-0.25, -0.2) is 9.97 Å². The fraction of sp³-hybridized carbons (Fsp3) is 0.667. The van der Waals surface area contributed by atoms with Crippen molar-refractivity contribution in [2.24, 2.45) is 0 Å². The van der Waals surface area contributed by atoms with Crippen LogP contribution >= 0.6 is 0 Å². The van der Waals surface area contributed by atoms with Gasteiger partial charge >= 0.3 is 0 Å². The van der Waals surface area contributed by atoms with Crippen LogP contribution in [0.1, 0.15) is 68.7 Å². The highest BCUT2D eigenvalue weighted by Gasteiger charge is 2.34. The minimum Gasteiger partial charge on any atom is -0.396 e. The van der Waals surface area contributed by atoms with Gasteiger partial charge in [-0.2, -0.15) is 0 Å². The number of amides is 1. The Bertz CT molecular complexity index is 483. The number of carbonyl (C=O) groups excluding carboxylic acids is 1. The molecule has 0 atom stereocenters. The molecular formula is C15H24N4O. The number of aromatic nitrogens is 2. The van der Waals surface area contributed by atoms with Crippen LogP contribution in [-0.2, 0) is 0 Å². The van der Waals surface area contributed by atoms with E-state index >= 15 is 0 Å². The smallest absolute Gasteiger partial charge is 0.274 e. The third-order valence-corrected chi connectivity index (χ3v) is 3.56. The van der Waals surface area contributed by atoms with Crippen molar-refractivity contribution in [2.45, 2.75) is 58.4 Å². The molecule has 110 valence electrons. The van der Waals surface area contributed by atoms with Crippen molar-refractivity contribution in [1.82, 2.24) is 14.9 Å². The zero-order valence-corrected chi connectivity index (χ0v) is 12.6. The molecule has 0 aromatic carbocycles. The first-order chi connectivity index (χ1) is 9.54. The van der Waals surface area contributed by atoms with Gasteiger partial charge in [-0.3, -0.25) is 4.79 Å². The largest absolute Gasteiger partial charge is 0.396 e. The molecule has 1 saturated carbocycles. The maximum atomic E-state index is 12.7. The van der Waals surface area contributed by atoms with E-state index in [0.29, 0.717) is 23.2 Å². The Labute approximate surface area is 120 Å². The van der Waals surface area contributed by atoms with Crippen LogP contribution in [0.5, 0.6) is 0 Å². The van der Waals surface area contributed by atoms with Gasteiger partial charge in [0.2, 0.25) is 0 Å². The van der Waals surface area contributed by atoms with Crippen molar-refractivity contribution >= 4 is 11.6 Å². The highest BCUT2D eigenvalue weighted by atomic mass is 16.2. The molecule has 0 saturated heterocycles. The average molecular weight is 276 g/mol. The molecule has 1 aliphatic carbocycles. The average Bonchev–Trinajstić information content (AvgIpc) is 3.23. The lowest BCUT2D eigenvalue weighted by atomic mass is 10.2. The SMILES string of the molecule is CCCCN(C(=O)c1nc(C(C)C)ncc1N)C1CC1. The minimum absolute atomic E-state index is 0.0391. The minimum atomic E-state index is -0.0391. The van der Waals surface area contributed by atoms with Crippen LogP contribution in [0.4, 0.5) is 5.69 Å². The lowest BCUT2D eigenvalue weighted by molar-refractivity contribution is 0.0735. The number of nitrogens with zero attached hydrogens (tertiary/aromatic N) is 3. The van der Waals surface area contributed by atoms with Crippen LogP contribution in [0.3, 0.4) is 0 Å². The molecule has 1 fully saturated rings. The van der Waals surface area contributed by atoms with Crippen LogP contribution in [0.2, 0.25) is 0 Å².